The third kappa shape index (κ3) is 3.00. The molecule has 0 aromatic rings. The molecule has 6 nitrogen and oxygen atoms in total. The topological polar surface area (TPSA) is 60.9 Å². The molecular formula is C12H19N3O3. The zero-order chi connectivity index (χ0) is 13.0. The second-order valence-electron chi connectivity index (χ2n) is 4.79. The zero-order valence-corrected chi connectivity index (χ0v) is 10.5. The van der Waals surface area contributed by atoms with E-state index < -0.39 is 0 Å². The summed E-state index contributed by atoms with van der Waals surface area (Å²) >= 11 is 0. The molecule has 0 bridgehead atoms. The third-order valence-electron chi connectivity index (χ3n) is 3.58. The zero-order valence-electron chi connectivity index (χ0n) is 10.5. The Balaban J connectivity index is 1.77. The van der Waals surface area contributed by atoms with Gasteiger partial charge in [0.1, 0.15) is 6.42 Å². The standard InChI is InChI=1S/C12H19N3O3/c16-10-13-5-7-15(8-6-13)12(18)9-11(17)14-3-1-2-4-14/h10H,1-9H2. The van der Waals surface area contributed by atoms with Crippen LogP contribution >= 0.6 is 0 Å². The first kappa shape index (κ1) is 12.9. The van der Waals surface area contributed by atoms with E-state index in [-0.39, 0.29) is 18.2 Å². The molecule has 0 unspecified atom stereocenters. The van der Waals surface area contributed by atoms with Crippen LogP contribution in [0, 0.1) is 0 Å². The molecule has 2 aliphatic heterocycles. The second kappa shape index (κ2) is 5.84. The largest absolute Gasteiger partial charge is 0.342 e. The molecule has 2 saturated heterocycles. The Morgan fingerprint density at radius 1 is 0.833 bits per heavy atom. The number of likely N-dealkylation sites (tertiary alicyclic amines) is 1. The first-order valence-corrected chi connectivity index (χ1v) is 6.45. The summed E-state index contributed by atoms with van der Waals surface area (Å²) in [5, 5.41) is 0. The van der Waals surface area contributed by atoms with Gasteiger partial charge in [0.2, 0.25) is 18.2 Å². The van der Waals surface area contributed by atoms with Crippen molar-refractivity contribution in [2.24, 2.45) is 0 Å². The van der Waals surface area contributed by atoms with Crippen molar-refractivity contribution >= 4 is 18.2 Å². The van der Waals surface area contributed by atoms with Crippen LogP contribution in [0.3, 0.4) is 0 Å². The van der Waals surface area contributed by atoms with Crippen LogP contribution in [0.2, 0.25) is 0 Å². The Labute approximate surface area is 107 Å². The van der Waals surface area contributed by atoms with Crippen LogP contribution in [0.15, 0.2) is 0 Å². The Morgan fingerprint density at radius 3 is 1.83 bits per heavy atom. The van der Waals surface area contributed by atoms with Crippen molar-refractivity contribution in [1.29, 1.82) is 0 Å². The van der Waals surface area contributed by atoms with Crippen molar-refractivity contribution in [3.05, 3.63) is 0 Å². The van der Waals surface area contributed by atoms with Gasteiger partial charge in [-0.15, -0.1) is 0 Å². The van der Waals surface area contributed by atoms with E-state index in [9.17, 15) is 14.4 Å². The Kier molecular flexibility index (Phi) is 4.17. The SMILES string of the molecule is O=CN1CCN(C(=O)CC(=O)N2CCCC2)CC1. The fraction of sp³-hybridized carbons (Fsp3) is 0.750. The molecule has 2 aliphatic rings. The lowest BCUT2D eigenvalue weighted by molar-refractivity contribution is -0.142. The molecule has 0 atom stereocenters. The predicted octanol–water partition coefficient (Wildman–Crippen LogP) is -0.700. The summed E-state index contributed by atoms with van der Waals surface area (Å²) in [7, 11) is 0. The molecule has 2 fully saturated rings. The molecule has 100 valence electrons. The van der Waals surface area contributed by atoms with Gasteiger partial charge in [-0.2, -0.15) is 0 Å². The summed E-state index contributed by atoms with van der Waals surface area (Å²) in [6.45, 7) is 3.76. The van der Waals surface area contributed by atoms with Gasteiger partial charge in [-0.1, -0.05) is 0 Å². The molecule has 2 rings (SSSR count). The van der Waals surface area contributed by atoms with E-state index in [1.807, 2.05) is 0 Å². The van der Waals surface area contributed by atoms with Crippen LogP contribution in [-0.2, 0) is 14.4 Å². The summed E-state index contributed by atoms with van der Waals surface area (Å²) in [5.74, 6) is -0.173. The molecule has 0 spiro atoms. The van der Waals surface area contributed by atoms with Crippen LogP contribution in [0.5, 0.6) is 0 Å². The highest BCUT2D eigenvalue weighted by atomic mass is 16.2. The average molecular weight is 253 g/mol. The molecule has 2 heterocycles. The molecule has 0 aromatic heterocycles. The van der Waals surface area contributed by atoms with E-state index in [0.29, 0.717) is 26.2 Å². The summed E-state index contributed by atoms with van der Waals surface area (Å²) in [4.78, 5) is 39.4. The molecule has 18 heavy (non-hydrogen) atoms. The first-order chi connectivity index (χ1) is 8.70. The number of nitrogens with zero attached hydrogens (tertiary/aromatic N) is 3. The smallest absolute Gasteiger partial charge is 0.232 e. The van der Waals surface area contributed by atoms with Gasteiger partial charge < -0.3 is 14.7 Å². The van der Waals surface area contributed by atoms with Gasteiger partial charge in [0, 0.05) is 39.3 Å². The minimum atomic E-state index is -0.113. The number of carbonyl (C=O) groups excluding carboxylic acids is 3. The second-order valence-corrected chi connectivity index (χ2v) is 4.79. The third-order valence-corrected chi connectivity index (χ3v) is 3.58. The Morgan fingerprint density at radius 2 is 1.33 bits per heavy atom. The van der Waals surface area contributed by atoms with Crippen molar-refractivity contribution in [1.82, 2.24) is 14.7 Å². The molecule has 0 aliphatic carbocycles. The maximum Gasteiger partial charge on any atom is 0.232 e. The van der Waals surface area contributed by atoms with Crippen molar-refractivity contribution in [3.63, 3.8) is 0 Å². The van der Waals surface area contributed by atoms with E-state index in [2.05, 4.69) is 0 Å². The number of hydrogen-bond acceptors (Lipinski definition) is 3. The van der Waals surface area contributed by atoms with Crippen molar-refractivity contribution in [3.8, 4) is 0 Å². The fourth-order valence-electron chi connectivity index (χ4n) is 2.40. The van der Waals surface area contributed by atoms with Gasteiger partial charge in [-0.05, 0) is 12.8 Å². The van der Waals surface area contributed by atoms with Crippen molar-refractivity contribution in [2.75, 3.05) is 39.3 Å². The predicted molar refractivity (Wildman–Crippen MR) is 64.6 cm³/mol. The lowest BCUT2D eigenvalue weighted by Crippen LogP contribution is -2.49. The fourth-order valence-corrected chi connectivity index (χ4v) is 2.40. The number of rotatable bonds is 3. The average Bonchev–Trinajstić information content (AvgIpc) is 2.92. The molecule has 3 amide bonds. The van der Waals surface area contributed by atoms with E-state index in [0.717, 1.165) is 32.3 Å². The Hall–Kier alpha value is -1.59. The maximum absolute atomic E-state index is 11.9. The van der Waals surface area contributed by atoms with E-state index in [1.54, 1.807) is 14.7 Å². The summed E-state index contributed by atoms with van der Waals surface area (Å²) in [5.41, 5.74) is 0. The molecule has 0 radical (unpaired) electrons. The number of piperazine rings is 1. The highest BCUT2D eigenvalue weighted by molar-refractivity contribution is 5.97. The van der Waals surface area contributed by atoms with Crippen molar-refractivity contribution < 1.29 is 14.4 Å². The quantitative estimate of drug-likeness (QED) is 0.493. The molecule has 0 aromatic carbocycles. The highest BCUT2D eigenvalue weighted by Gasteiger charge is 2.25. The van der Waals surface area contributed by atoms with Gasteiger partial charge in [0.05, 0.1) is 0 Å². The van der Waals surface area contributed by atoms with Crippen LogP contribution < -0.4 is 0 Å². The monoisotopic (exact) mass is 253 g/mol. The minimum absolute atomic E-state index is 0.0267. The van der Waals surface area contributed by atoms with Gasteiger partial charge in [-0.3, -0.25) is 14.4 Å². The Bertz CT molecular complexity index is 331. The molecular weight excluding hydrogens is 234 g/mol. The summed E-state index contributed by atoms with van der Waals surface area (Å²) in [6, 6.07) is 0. The number of amides is 3. The summed E-state index contributed by atoms with van der Waals surface area (Å²) in [6.07, 6.45) is 2.86. The minimum Gasteiger partial charge on any atom is -0.342 e. The van der Waals surface area contributed by atoms with Gasteiger partial charge >= 0.3 is 0 Å². The van der Waals surface area contributed by atoms with E-state index >= 15 is 0 Å². The number of hydrogen-bond donors (Lipinski definition) is 0. The molecule has 0 N–H and O–H groups in total. The lowest BCUT2D eigenvalue weighted by Gasteiger charge is -2.32. The highest BCUT2D eigenvalue weighted by Crippen LogP contribution is 2.10. The first-order valence-electron chi connectivity index (χ1n) is 6.45. The van der Waals surface area contributed by atoms with Crippen molar-refractivity contribution in [2.45, 2.75) is 19.3 Å². The van der Waals surface area contributed by atoms with Crippen LogP contribution in [-0.4, -0.2) is 72.2 Å². The van der Waals surface area contributed by atoms with Crippen LogP contribution in [0.1, 0.15) is 19.3 Å². The molecule has 0 saturated carbocycles. The van der Waals surface area contributed by atoms with Gasteiger partial charge in [-0.25, -0.2) is 0 Å². The van der Waals surface area contributed by atoms with Crippen LogP contribution in [0.4, 0.5) is 0 Å². The normalized spacial score (nSPS) is 20.1. The van der Waals surface area contributed by atoms with E-state index in [4.69, 9.17) is 0 Å². The summed E-state index contributed by atoms with van der Waals surface area (Å²) < 4.78 is 0. The maximum atomic E-state index is 11.9. The van der Waals surface area contributed by atoms with Crippen LogP contribution in [0.25, 0.3) is 0 Å². The van der Waals surface area contributed by atoms with Gasteiger partial charge in [0.15, 0.2) is 0 Å². The van der Waals surface area contributed by atoms with E-state index in [1.165, 1.54) is 0 Å². The molecule has 6 heteroatoms. The lowest BCUT2D eigenvalue weighted by atomic mass is 10.2. The van der Waals surface area contributed by atoms with Gasteiger partial charge in [0.25, 0.3) is 0 Å². The number of carbonyl (C=O) groups is 3.